The minimum Gasteiger partial charge on any atom is -0.481 e. The number of carbonyl (C=O) groups excluding carboxylic acids is 1. The highest BCUT2D eigenvalue weighted by molar-refractivity contribution is 5.76. The first-order chi connectivity index (χ1) is 10.6. The summed E-state index contributed by atoms with van der Waals surface area (Å²) in [5, 5.41) is 12.2. The summed E-state index contributed by atoms with van der Waals surface area (Å²) in [6.45, 7) is 0.626. The zero-order valence-corrected chi connectivity index (χ0v) is 13.2. The number of carboxylic acid groups (broad SMARTS) is 1. The number of rotatable bonds is 4. The normalized spacial score (nSPS) is 35.8. The van der Waals surface area contributed by atoms with Crippen LogP contribution in [0.4, 0.5) is 0 Å². The first-order valence-electron chi connectivity index (χ1n) is 8.72. The van der Waals surface area contributed by atoms with Gasteiger partial charge in [-0.05, 0) is 44.4 Å². The van der Waals surface area contributed by atoms with Gasteiger partial charge < -0.3 is 15.2 Å². The van der Waals surface area contributed by atoms with Crippen molar-refractivity contribution in [3.63, 3.8) is 0 Å². The second kappa shape index (κ2) is 6.57. The molecule has 1 amide bonds. The van der Waals surface area contributed by atoms with E-state index < -0.39 is 5.97 Å². The van der Waals surface area contributed by atoms with Gasteiger partial charge in [-0.3, -0.25) is 9.59 Å². The first kappa shape index (κ1) is 15.8. The standard InChI is InChI=1S/C17H27NO4/c19-15(8-12-4-2-1-3-5-12)18-14-6-7-22-17(11-14)9-13(10-17)16(20)21/h12-14H,1-11H2,(H,18,19)(H,20,21). The molecule has 0 radical (unpaired) electrons. The van der Waals surface area contributed by atoms with Crippen molar-refractivity contribution in [2.45, 2.75) is 75.9 Å². The van der Waals surface area contributed by atoms with Crippen molar-refractivity contribution in [3.05, 3.63) is 0 Å². The lowest BCUT2D eigenvalue weighted by molar-refractivity contribution is -0.182. The summed E-state index contributed by atoms with van der Waals surface area (Å²) in [4.78, 5) is 23.2. The molecular weight excluding hydrogens is 282 g/mol. The number of hydrogen-bond donors (Lipinski definition) is 2. The smallest absolute Gasteiger partial charge is 0.306 e. The van der Waals surface area contributed by atoms with E-state index in [0.29, 0.717) is 31.8 Å². The van der Waals surface area contributed by atoms with E-state index in [1.54, 1.807) is 0 Å². The molecular formula is C17H27NO4. The molecule has 22 heavy (non-hydrogen) atoms. The Morgan fingerprint density at radius 1 is 1.09 bits per heavy atom. The number of ether oxygens (including phenoxy) is 1. The van der Waals surface area contributed by atoms with Crippen LogP contribution in [-0.2, 0) is 14.3 Å². The molecule has 0 aromatic heterocycles. The molecule has 2 N–H and O–H groups in total. The zero-order chi connectivity index (χ0) is 15.6. The second-order valence-electron chi connectivity index (χ2n) is 7.44. The van der Waals surface area contributed by atoms with Gasteiger partial charge in [0.15, 0.2) is 0 Å². The fraction of sp³-hybridized carbons (Fsp3) is 0.882. The van der Waals surface area contributed by atoms with Crippen molar-refractivity contribution >= 4 is 11.9 Å². The lowest BCUT2D eigenvalue weighted by Gasteiger charge is -2.50. The number of hydrogen-bond acceptors (Lipinski definition) is 3. The first-order valence-corrected chi connectivity index (χ1v) is 8.72. The van der Waals surface area contributed by atoms with Gasteiger partial charge in [0.1, 0.15) is 0 Å². The van der Waals surface area contributed by atoms with Crippen LogP contribution in [-0.4, -0.2) is 35.2 Å². The van der Waals surface area contributed by atoms with Gasteiger partial charge in [0.2, 0.25) is 5.91 Å². The molecule has 0 bridgehead atoms. The second-order valence-corrected chi connectivity index (χ2v) is 7.44. The molecule has 3 aliphatic rings. The van der Waals surface area contributed by atoms with Crippen LogP contribution in [0.25, 0.3) is 0 Å². The fourth-order valence-corrected chi connectivity index (χ4v) is 4.39. The Morgan fingerprint density at radius 2 is 1.82 bits per heavy atom. The van der Waals surface area contributed by atoms with Gasteiger partial charge in [-0.1, -0.05) is 19.3 Å². The number of amides is 1. The van der Waals surface area contributed by atoms with Gasteiger partial charge in [-0.25, -0.2) is 0 Å². The predicted molar refractivity (Wildman–Crippen MR) is 81.4 cm³/mol. The SMILES string of the molecule is O=C(CC1CCCCC1)NC1CCOC2(C1)CC(C(=O)O)C2. The van der Waals surface area contributed by atoms with Gasteiger partial charge in [0, 0.05) is 19.1 Å². The maximum Gasteiger partial charge on any atom is 0.306 e. The highest BCUT2D eigenvalue weighted by Gasteiger charge is 2.51. The highest BCUT2D eigenvalue weighted by Crippen LogP contribution is 2.46. The summed E-state index contributed by atoms with van der Waals surface area (Å²) in [6, 6.07) is 0.152. The average molecular weight is 309 g/mol. The summed E-state index contributed by atoms with van der Waals surface area (Å²) in [6.07, 6.45) is 9.66. The maximum absolute atomic E-state index is 12.2. The molecule has 124 valence electrons. The molecule has 2 saturated carbocycles. The molecule has 1 spiro atoms. The molecule has 5 nitrogen and oxygen atoms in total. The Labute approximate surface area is 131 Å². The third-order valence-electron chi connectivity index (χ3n) is 5.64. The predicted octanol–water partition coefficient (Wildman–Crippen LogP) is 2.49. The van der Waals surface area contributed by atoms with Crippen molar-refractivity contribution in [1.29, 1.82) is 0 Å². The third kappa shape index (κ3) is 3.62. The fourth-order valence-electron chi connectivity index (χ4n) is 4.39. The Balaban J connectivity index is 1.44. The van der Waals surface area contributed by atoms with E-state index in [-0.39, 0.29) is 23.5 Å². The van der Waals surface area contributed by atoms with Crippen molar-refractivity contribution in [2.24, 2.45) is 11.8 Å². The van der Waals surface area contributed by atoms with Gasteiger partial charge in [-0.15, -0.1) is 0 Å². The molecule has 1 atom stereocenters. The van der Waals surface area contributed by atoms with Crippen LogP contribution in [0.3, 0.4) is 0 Å². The molecule has 0 aromatic carbocycles. The van der Waals surface area contributed by atoms with Crippen molar-refractivity contribution in [1.82, 2.24) is 5.32 Å². The van der Waals surface area contributed by atoms with Crippen LogP contribution in [0.1, 0.15) is 64.2 Å². The Kier molecular flexibility index (Phi) is 4.71. The van der Waals surface area contributed by atoms with Gasteiger partial charge in [0.05, 0.1) is 11.5 Å². The molecule has 1 unspecified atom stereocenters. The third-order valence-corrected chi connectivity index (χ3v) is 5.64. The van der Waals surface area contributed by atoms with E-state index in [9.17, 15) is 9.59 Å². The lowest BCUT2D eigenvalue weighted by atomic mass is 9.66. The van der Waals surface area contributed by atoms with Crippen LogP contribution >= 0.6 is 0 Å². The quantitative estimate of drug-likeness (QED) is 0.836. The monoisotopic (exact) mass is 309 g/mol. The topological polar surface area (TPSA) is 75.6 Å². The summed E-state index contributed by atoms with van der Waals surface area (Å²) in [7, 11) is 0. The van der Waals surface area contributed by atoms with Crippen LogP contribution in [0.15, 0.2) is 0 Å². The Hall–Kier alpha value is -1.10. The molecule has 2 aliphatic carbocycles. The van der Waals surface area contributed by atoms with Crippen molar-refractivity contribution in [3.8, 4) is 0 Å². The van der Waals surface area contributed by atoms with Gasteiger partial charge in [-0.2, -0.15) is 0 Å². The van der Waals surface area contributed by atoms with Crippen molar-refractivity contribution in [2.75, 3.05) is 6.61 Å². The minimum atomic E-state index is -0.724. The van der Waals surface area contributed by atoms with E-state index in [1.807, 2.05) is 0 Å². The summed E-state index contributed by atoms with van der Waals surface area (Å²) >= 11 is 0. The maximum atomic E-state index is 12.2. The average Bonchev–Trinajstić information content (AvgIpc) is 2.45. The number of nitrogens with one attached hydrogen (secondary N) is 1. The van der Waals surface area contributed by atoms with Gasteiger partial charge in [0.25, 0.3) is 0 Å². The van der Waals surface area contributed by atoms with Crippen LogP contribution in [0, 0.1) is 11.8 Å². The number of carboxylic acids is 1. The molecule has 3 rings (SSSR count). The van der Waals surface area contributed by atoms with E-state index in [0.717, 1.165) is 12.8 Å². The summed E-state index contributed by atoms with van der Waals surface area (Å²) < 4.78 is 5.83. The molecule has 0 aromatic rings. The summed E-state index contributed by atoms with van der Waals surface area (Å²) in [5.41, 5.74) is -0.288. The van der Waals surface area contributed by atoms with E-state index >= 15 is 0 Å². The van der Waals surface area contributed by atoms with E-state index in [1.165, 1.54) is 32.1 Å². The summed E-state index contributed by atoms with van der Waals surface area (Å²) in [5.74, 6) is -0.264. The van der Waals surface area contributed by atoms with Crippen LogP contribution in [0.5, 0.6) is 0 Å². The molecule has 1 heterocycles. The largest absolute Gasteiger partial charge is 0.481 e. The van der Waals surface area contributed by atoms with Crippen LogP contribution < -0.4 is 5.32 Å². The minimum absolute atomic E-state index is 0.152. The van der Waals surface area contributed by atoms with E-state index in [4.69, 9.17) is 9.84 Å². The van der Waals surface area contributed by atoms with E-state index in [2.05, 4.69) is 5.32 Å². The zero-order valence-electron chi connectivity index (χ0n) is 13.2. The van der Waals surface area contributed by atoms with Gasteiger partial charge >= 0.3 is 5.97 Å². The molecule has 5 heteroatoms. The van der Waals surface area contributed by atoms with Crippen molar-refractivity contribution < 1.29 is 19.4 Å². The number of carbonyl (C=O) groups is 2. The highest BCUT2D eigenvalue weighted by atomic mass is 16.5. The van der Waals surface area contributed by atoms with Crippen LogP contribution in [0.2, 0.25) is 0 Å². The Morgan fingerprint density at radius 3 is 2.50 bits per heavy atom. The lowest BCUT2D eigenvalue weighted by Crippen LogP contribution is -2.56. The number of aliphatic carboxylic acids is 1. The molecule has 3 fully saturated rings. The Bertz CT molecular complexity index is 424. The molecule has 1 aliphatic heterocycles. The molecule has 1 saturated heterocycles.